The molecule has 2 fully saturated rings. The number of hydrogen-bond donors (Lipinski definition) is 1. The molecule has 0 spiro atoms. The van der Waals surface area contributed by atoms with E-state index in [-0.39, 0.29) is 16.9 Å². The van der Waals surface area contributed by atoms with E-state index >= 15 is 0 Å². The molecular weight excluding hydrogens is 355 g/mol. The SMILES string of the molecule is Fc1ccc(N2CCC(Nc3ccc4nnc(C5CC5)n4n3)C2)cc1Cl. The van der Waals surface area contributed by atoms with Gasteiger partial charge >= 0.3 is 0 Å². The molecule has 2 aliphatic rings. The minimum atomic E-state index is -0.387. The molecule has 1 unspecified atom stereocenters. The molecule has 0 radical (unpaired) electrons. The summed E-state index contributed by atoms with van der Waals surface area (Å²) in [5.74, 6) is 1.89. The van der Waals surface area contributed by atoms with E-state index in [1.807, 2.05) is 16.6 Å². The second-order valence-corrected chi connectivity index (χ2v) is 7.40. The van der Waals surface area contributed by atoms with Crippen molar-refractivity contribution in [3.8, 4) is 0 Å². The fraction of sp³-hybridized carbons (Fsp3) is 0.389. The standard InChI is InChI=1S/C18H18ClFN6/c19-14-9-13(3-4-15(14)20)25-8-7-12(10-25)21-16-5-6-17-22-23-18(11-1-2-11)26(17)24-16/h3-6,9,11-12H,1-2,7-8,10H2,(H,21,24). The van der Waals surface area contributed by atoms with Gasteiger partial charge in [-0.05, 0) is 49.6 Å². The van der Waals surface area contributed by atoms with E-state index in [0.717, 1.165) is 55.3 Å². The number of rotatable bonds is 4. The number of halogens is 2. The van der Waals surface area contributed by atoms with E-state index in [1.165, 1.54) is 6.07 Å². The van der Waals surface area contributed by atoms with Crippen LogP contribution in [0, 0.1) is 5.82 Å². The highest BCUT2D eigenvalue weighted by molar-refractivity contribution is 6.31. The van der Waals surface area contributed by atoms with E-state index in [0.29, 0.717) is 5.92 Å². The van der Waals surface area contributed by atoms with Crippen LogP contribution in [-0.2, 0) is 0 Å². The number of fused-ring (bicyclic) bond motifs is 1. The zero-order chi connectivity index (χ0) is 17.7. The summed E-state index contributed by atoms with van der Waals surface area (Å²) in [5, 5.41) is 16.8. The molecule has 1 saturated heterocycles. The van der Waals surface area contributed by atoms with Crippen molar-refractivity contribution in [2.75, 3.05) is 23.3 Å². The van der Waals surface area contributed by atoms with Crippen LogP contribution in [0.2, 0.25) is 5.02 Å². The molecule has 6 nitrogen and oxygen atoms in total. The lowest BCUT2D eigenvalue weighted by Crippen LogP contribution is -2.26. The first-order valence-corrected chi connectivity index (χ1v) is 9.24. The van der Waals surface area contributed by atoms with E-state index < -0.39 is 0 Å². The zero-order valence-electron chi connectivity index (χ0n) is 14.1. The van der Waals surface area contributed by atoms with Crippen molar-refractivity contribution < 1.29 is 4.39 Å². The average Bonchev–Trinajstić information content (AvgIpc) is 3.23. The third-order valence-electron chi connectivity index (χ3n) is 5.04. The third kappa shape index (κ3) is 2.86. The average molecular weight is 373 g/mol. The molecule has 1 aromatic carbocycles. The Labute approximate surface area is 155 Å². The lowest BCUT2D eigenvalue weighted by atomic mass is 10.2. The zero-order valence-corrected chi connectivity index (χ0v) is 14.8. The van der Waals surface area contributed by atoms with Crippen LogP contribution in [0.25, 0.3) is 5.65 Å². The molecule has 0 amide bonds. The van der Waals surface area contributed by atoms with Gasteiger partial charge in [-0.1, -0.05) is 11.6 Å². The Balaban J connectivity index is 1.31. The minimum Gasteiger partial charge on any atom is -0.369 e. The maximum absolute atomic E-state index is 13.4. The maximum atomic E-state index is 13.4. The second kappa shape index (κ2) is 6.09. The van der Waals surface area contributed by atoms with Crippen LogP contribution in [0.4, 0.5) is 15.9 Å². The quantitative estimate of drug-likeness (QED) is 0.759. The second-order valence-electron chi connectivity index (χ2n) is 7.00. The Morgan fingerprint density at radius 1 is 1.12 bits per heavy atom. The topological polar surface area (TPSA) is 58.3 Å². The first-order valence-electron chi connectivity index (χ1n) is 8.86. The van der Waals surface area contributed by atoms with Crippen LogP contribution in [-0.4, -0.2) is 38.9 Å². The van der Waals surface area contributed by atoms with Gasteiger partial charge in [0.25, 0.3) is 0 Å². The van der Waals surface area contributed by atoms with Crippen LogP contribution in [0.15, 0.2) is 30.3 Å². The fourth-order valence-corrected chi connectivity index (χ4v) is 3.66. The summed E-state index contributed by atoms with van der Waals surface area (Å²) in [6.45, 7) is 1.71. The molecule has 1 saturated carbocycles. The summed E-state index contributed by atoms with van der Waals surface area (Å²) in [7, 11) is 0. The van der Waals surface area contributed by atoms with Crippen molar-refractivity contribution in [1.29, 1.82) is 0 Å². The molecule has 1 aliphatic carbocycles. The van der Waals surface area contributed by atoms with Crippen LogP contribution in [0.1, 0.15) is 31.0 Å². The van der Waals surface area contributed by atoms with Crippen LogP contribution < -0.4 is 10.2 Å². The van der Waals surface area contributed by atoms with E-state index in [2.05, 4.69) is 25.5 Å². The van der Waals surface area contributed by atoms with Gasteiger partial charge < -0.3 is 10.2 Å². The number of benzene rings is 1. The molecular formula is C18H18ClFN6. The van der Waals surface area contributed by atoms with Gasteiger partial charge in [-0.2, -0.15) is 4.52 Å². The molecule has 134 valence electrons. The summed E-state index contributed by atoms with van der Waals surface area (Å²) >= 11 is 5.91. The lowest BCUT2D eigenvalue weighted by molar-refractivity contribution is 0.628. The highest BCUT2D eigenvalue weighted by Crippen LogP contribution is 2.38. The number of anilines is 2. The molecule has 2 aromatic heterocycles. The Morgan fingerprint density at radius 2 is 2.00 bits per heavy atom. The normalized spacial score (nSPS) is 20.1. The van der Waals surface area contributed by atoms with Gasteiger partial charge in [0, 0.05) is 30.7 Å². The number of hydrogen-bond acceptors (Lipinski definition) is 5. The van der Waals surface area contributed by atoms with Gasteiger partial charge in [0.1, 0.15) is 11.6 Å². The van der Waals surface area contributed by atoms with Gasteiger partial charge in [-0.3, -0.25) is 0 Å². The van der Waals surface area contributed by atoms with E-state index in [4.69, 9.17) is 11.6 Å². The van der Waals surface area contributed by atoms with E-state index in [1.54, 1.807) is 12.1 Å². The van der Waals surface area contributed by atoms with Gasteiger partial charge in [0.15, 0.2) is 11.5 Å². The number of nitrogens with one attached hydrogen (secondary N) is 1. The van der Waals surface area contributed by atoms with Crippen LogP contribution in [0.3, 0.4) is 0 Å². The molecule has 1 atom stereocenters. The van der Waals surface area contributed by atoms with E-state index in [9.17, 15) is 4.39 Å². The maximum Gasteiger partial charge on any atom is 0.178 e. The first kappa shape index (κ1) is 15.8. The van der Waals surface area contributed by atoms with Crippen molar-refractivity contribution in [3.05, 3.63) is 47.0 Å². The Hall–Kier alpha value is -2.41. The monoisotopic (exact) mass is 372 g/mol. The van der Waals surface area contributed by atoms with Gasteiger partial charge in [-0.15, -0.1) is 15.3 Å². The molecule has 8 heteroatoms. The first-order chi connectivity index (χ1) is 12.7. The molecule has 0 bridgehead atoms. The summed E-state index contributed by atoms with van der Waals surface area (Å²) in [4.78, 5) is 2.20. The smallest absolute Gasteiger partial charge is 0.178 e. The Bertz CT molecular complexity index is 969. The fourth-order valence-electron chi connectivity index (χ4n) is 3.48. The van der Waals surface area contributed by atoms with Crippen molar-refractivity contribution in [3.63, 3.8) is 0 Å². The number of nitrogens with zero attached hydrogens (tertiary/aromatic N) is 5. The largest absolute Gasteiger partial charge is 0.369 e. The molecule has 3 aromatic rings. The van der Waals surface area contributed by atoms with Gasteiger partial charge in [0.2, 0.25) is 0 Å². The molecule has 1 aliphatic heterocycles. The summed E-state index contributed by atoms with van der Waals surface area (Å²) < 4.78 is 15.2. The van der Waals surface area contributed by atoms with Crippen LogP contribution in [0.5, 0.6) is 0 Å². The van der Waals surface area contributed by atoms with Gasteiger partial charge in [0.05, 0.1) is 5.02 Å². The molecule has 1 N–H and O–H groups in total. The minimum absolute atomic E-state index is 0.159. The molecule has 26 heavy (non-hydrogen) atoms. The summed E-state index contributed by atoms with van der Waals surface area (Å²) in [6, 6.07) is 9.03. The highest BCUT2D eigenvalue weighted by atomic mass is 35.5. The van der Waals surface area contributed by atoms with Crippen molar-refractivity contribution in [1.82, 2.24) is 19.8 Å². The third-order valence-corrected chi connectivity index (χ3v) is 5.33. The lowest BCUT2D eigenvalue weighted by Gasteiger charge is -2.19. The molecule has 3 heterocycles. The van der Waals surface area contributed by atoms with Crippen molar-refractivity contribution >= 4 is 28.8 Å². The van der Waals surface area contributed by atoms with Crippen molar-refractivity contribution in [2.45, 2.75) is 31.2 Å². The Morgan fingerprint density at radius 3 is 2.81 bits per heavy atom. The van der Waals surface area contributed by atoms with Gasteiger partial charge in [-0.25, -0.2) is 4.39 Å². The van der Waals surface area contributed by atoms with Crippen molar-refractivity contribution in [2.24, 2.45) is 0 Å². The highest BCUT2D eigenvalue weighted by Gasteiger charge is 2.29. The summed E-state index contributed by atoms with van der Waals surface area (Å²) in [5.41, 5.74) is 1.73. The number of aromatic nitrogens is 4. The predicted octanol–water partition coefficient (Wildman–Crippen LogP) is 3.49. The Kier molecular flexibility index (Phi) is 3.70. The predicted molar refractivity (Wildman–Crippen MR) is 98.4 cm³/mol. The van der Waals surface area contributed by atoms with Crippen LogP contribution >= 0.6 is 11.6 Å². The summed E-state index contributed by atoms with van der Waals surface area (Å²) in [6.07, 6.45) is 3.31. The molecule has 5 rings (SSSR count).